The molecule has 0 aliphatic carbocycles. The SMILES string of the molecule is CC(=O)O[C@@H]1[C@@H](OC(C)=O)[C@@H](Oc2cccc(-c3cn(C)nc3C(F)(F)F)c2)SC[C@H]1OC(C)=O. The number of aromatic nitrogens is 2. The fourth-order valence-corrected chi connectivity index (χ4v) is 4.81. The Bertz CT molecular complexity index is 1100. The summed E-state index contributed by atoms with van der Waals surface area (Å²) in [6.07, 6.45) is -6.62. The average Bonchev–Trinajstić information content (AvgIpc) is 3.14. The topological polar surface area (TPSA) is 106 Å². The molecule has 2 heterocycles. The molecule has 1 aliphatic rings. The maximum Gasteiger partial charge on any atom is 0.435 e. The molecule has 0 unspecified atom stereocenters. The minimum absolute atomic E-state index is 0.133. The van der Waals surface area contributed by atoms with Crippen molar-refractivity contribution in [2.75, 3.05) is 5.75 Å². The van der Waals surface area contributed by atoms with Crippen LogP contribution in [0.4, 0.5) is 13.2 Å². The summed E-state index contributed by atoms with van der Waals surface area (Å²) in [6.45, 7) is 3.50. The van der Waals surface area contributed by atoms with Gasteiger partial charge in [-0.05, 0) is 17.7 Å². The molecule has 2 aromatic rings. The van der Waals surface area contributed by atoms with Gasteiger partial charge in [-0.3, -0.25) is 19.1 Å². The van der Waals surface area contributed by atoms with Gasteiger partial charge in [0.25, 0.3) is 0 Å². The van der Waals surface area contributed by atoms with Crippen molar-refractivity contribution in [3.63, 3.8) is 0 Å². The van der Waals surface area contributed by atoms with E-state index in [9.17, 15) is 27.6 Å². The van der Waals surface area contributed by atoms with Crippen LogP contribution in [0.5, 0.6) is 5.75 Å². The second-order valence-electron chi connectivity index (χ2n) is 7.71. The third-order valence-electron chi connectivity index (χ3n) is 4.80. The summed E-state index contributed by atoms with van der Waals surface area (Å²) in [5.41, 5.74) is -1.88. The highest BCUT2D eigenvalue weighted by molar-refractivity contribution is 7.99. The molecule has 0 spiro atoms. The standard InChI is InChI=1S/C22H23F3N2O7S/c1-11(28)31-17-10-35-21(19(33-13(3)30)18(17)32-12(2)29)34-15-7-5-6-14(8-15)16-9-27(4)26-20(16)22(23,24)25/h5-9,17-19,21H,10H2,1-4H3/t17-,18+,19-,21+/m1/s1. The van der Waals surface area contributed by atoms with E-state index in [1.165, 1.54) is 44.4 Å². The molecule has 1 saturated heterocycles. The highest BCUT2D eigenvalue weighted by Gasteiger charge is 2.47. The van der Waals surface area contributed by atoms with Gasteiger partial charge < -0.3 is 18.9 Å². The van der Waals surface area contributed by atoms with E-state index in [0.717, 1.165) is 30.3 Å². The molecule has 13 heteroatoms. The number of aryl methyl sites for hydroxylation is 1. The summed E-state index contributed by atoms with van der Waals surface area (Å²) in [4.78, 5) is 35.0. The Morgan fingerprint density at radius 1 is 1.03 bits per heavy atom. The number of rotatable bonds is 6. The van der Waals surface area contributed by atoms with E-state index < -0.39 is 53.5 Å². The van der Waals surface area contributed by atoms with Crippen LogP contribution in [0.2, 0.25) is 0 Å². The first-order valence-electron chi connectivity index (χ1n) is 10.4. The first-order chi connectivity index (χ1) is 16.3. The first kappa shape index (κ1) is 26.4. The lowest BCUT2D eigenvalue weighted by Gasteiger charge is -2.39. The van der Waals surface area contributed by atoms with E-state index in [0.29, 0.717) is 0 Å². The first-order valence-corrected chi connectivity index (χ1v) is 11.4. The van der Waals surface area contributed by atoms with Crippen LogP contribution >= 0.6 is 11.8 Å². The second-order valence-corrected chi connectivity index (χ2v) is 8.84. The predicted molar refractivity (Wildman–Crippen MR) is 117 cm³/mol. The minimum Gasteiger partial charge on any atom is -0.476 e. The number of nitrogens with zero attached hydrogens (tertiary/aromatic N) is 2. The van der Waals surface area contributed by atoms with E-state index >= 15 is 0 Å². The second kappa shape index (κ2) is 10.6. The fourth-order valence-electron chi connectivity index (χ4n) is 3.59. The number of halogens is 3. The molecule has 4 atom stereocenters. The maximum atomic E-state index is 13.4. The summed E-state index contributed by atoms with van der Waals surface area (Å²) in [5, 5.41) is 3.52. The van der Waals surface area contributed by atoms with Gasteiger partial charge in [-0.1, -0.05) is 12.1 Å². The lowest BCUT2D eigenvalue weighted by molar-refractivity contribution is -0.186. The van der Waals surface area contributed by atoms with Gasteiger partial charge in [0.05, 0.1) is 0 Å². The third-order valence-corrected chi connectivity index (χ3v) is 6.01. The molecule has 1 aromatic carbocycles. The summed E-state index contributed by atoms with van der Waals surface area (Å²) >= 11 is 1.14. The van der Waals surface area contributed by atoms with Gasteiger partial charge in [0, 0.05) is 45.3 Å². The summed E-state index contributed by atoms with van der Waals surface area (Å²) in [5.74, 6) is -1.66. The summed E-state index contributed by atoms with van der Waals surface area (Å²) in [7, 11) is 1.39. The number of esters is 3. The van der Waals surface area contributed by atoms with Crippen molar-refractivity contribution in [1.82, 2.24) is 9.78 Å². The number of carbonyl (C=O) groups is 3. The summed E-state index contributed by atoms with van der Waals surface area (Å²) in [6, 6.07) is 5.92. The number of ether oxygens (including phenoxy) is 4. The predicted octanol–water partition coefficient (Wildman–Crippen LogP) is 3.35. The van der Waals surface area contributed by atoms with Crippen molar-refractivity contribution < 1.29 is 46.5 Å². The average molecular weight is 516 g/mol. The van der Waals surface area contributed by atoms with Crippen LogP contribution in [0.3, 0.4) is 0 Å². The van der Waals surface area contributed by atoms with Crippen molar-refractivity contribution in [2.45, 2.75) is 50.7 Å². The maximum absolute atomic E-state index is 13.4. The van der Waals surface area contributed by atoms with E-state index in [1.54, 1.807) is 0 Å². The van der Waals surface area contributed by atoms with Crippen LogP contribution in [-0.2, 0) is 41.8 Å². The molecule has 0 saturated carbocycles. The van der Waals surface area contributed by atoms with Crippen LogP contribution in [0, 0.1) is 0 Å². The molecule has 0 amide bonds. The van der Waals surface area contributed by atoms with Crippen molar-refractivity contribution in [2.24, 2.45) is 7.05 Å². The van der Waals surface area contributed by atoms with E-state index in [1.807, 2.05) is 0 Å². The zero-order chi connectivity index (χ0) is 25.9. The van der Waals surface area contributed by atoms with Crippen LogP contribution in [0.1, 0.15) is 26.5 Å². The number of carbonyl (C=O) groups excluding carboxylic acids is 3. The quantitative estimate of drug-likeness (QED) is 0.422. The smallest absolute Gasteiger partial charge is 0.435 e. The Hall–Kier alpha value is -3.22. The molecule has 1 fully saturated rings. The highest BCUT2D eigenvalue weighted by Crippen LogP contribution is 2.38. The minimum atomic E-state index is -4.66. The van der Waals surface area contributed by atoms with E-state index in [2.05, 4.69) is 5.10 Å². The van der Waals surface area contributed by atoms with Crippen molar-refractivity contribution in [1.29, 1.82) is 0 Å². The fraction of sp³-hybridized carbons (Fsp3) is 0.455. The molecule has 190 valence electrons. The Kier molecular flexibility index (Phi) is 7.98. The zero-order valence-electron chi connectivity index (χ0n) is 19.2. The number of thioether (sulfide) groups is 1. The van der Waals surface area contributed by atoms with Gasteiger partial charge in [-0.25, -0.2) is 0 Å². The summed E-state index contributed by atoms with van der Waals surface area (Å²) < 4.78 is 63.3. The Balaban J connectivity index is 1.92. The molecule has 0 N–H and O–H groups in total. The van der Waals surface area contributed by atoms with Gasteiger partial charge in [-0.2, -0.15) is 18.3 Å². The molecule has 0 radical (unpaired) electrons. The van der Waals surface area contributed by atoms with Gasteiger partial charge >= 0.3 is 24.1 Å². The van der Waals surface area contributed by atoms with Crippen molar-refractivity contribution in [3.05, 3.63) is 36.2 Å². The number of alkyl halides is 3. The van der Waals surface area contributed by atoms with E-state index in [-0.39, 0.29) is 22.6 Å². The monoisotopic (exact) mass is 516 g/mol. The Labute approximate surface area is 202 Å². The molecular formula is C22H23F3N2O7S. The lowest BCUT2D eigenvalue weighted by Crippen LogP contribution is -2.55. The van der Waals surface area contributed by atoms with Gasteiger partial charge in [0.15, 0.2) is 29.4 Å². The molecular weight excluding hydrogens is 493 g/mol. The van der Waals surface area contributed by atoms with Crippen LogP contribution in [-0.4, -0.2) is 57.2 Å². The van der Waals surface area contributed by atoms with Crippen molar-refractivity contribution in [3.8, 4) is 16.9 Å². The van der Waals surface area contributed by atoms with E-state index in [4.69, 9.17) is 18.9 Å². The number of hydrogen-bond acceptors (Lipinski definition) is 9. The van der Waals surface area contributed by atoms with Crippen LogP contribution < -0.4 is 4.74 Å². The molecule has 9 nitrogen and oxygen atoms in total. The molecule has 0 bridgehead atoms. The Morgan fingerprint density at radius 3 is 2.26 bits per heavy atom. The highest BCUT2D eigenvalue weighted by atomic mass is 32.2. The molecule has 3 rings (SSSR count). The largest absolute Gasteiger partial charge is 0.476 e. The van der Waals surface area contributed by atoms with Crippen molar-refractivity contribution >= 4 is 29.7 Å². The third kappa shape index (κ3) is 6.68. The zero-order valence-corrected chi connectivity index (χ0v) is 20.0. The normalized spacial score (nSPS) is 22.3. The Morgan fingerprint density at radius 2 is 1.66 bits per heavy atom. The van der Waals surface area contributed by atoms with Gasteiger partial charge in [-0.15, -0.1) is 11.8 Å². The number of benzene rings is 1. The van der Waals surface area contributed by atoms with Gasteiger partial charge in [0.2, 0.25) is 0 Å². The van der Waals surface area contributed by atoms with Gasteiger partial charge in [0.1, 0.15) is 5.75 Å². The number of hydrogen-bond donors (Lipinski definition) is 0. The lowest BCUT2D eigenvalue weighted by atomic mass is 10.1. The molecule has 1 aromatic heterocycles. The molecule has 35 heavy (non-hydrogen) atoms. The molecule has 1 aliphatic heterocycles. The van der Waals surface area contributed by atoms with Crippen LogP contribution in [0.25, 0.3) is 11.1 Å². The van der Waals surface area contributed by atoms with Crippen LogP contribution in [0.15, 0.2) is 30.5 Å².